The average Bonchev–Trinajstić information content (AvgIpc) is 2.55. The highest BCUT2D eigenvalue weighted by molar-refractivity contribution is 7.99. The Morgan fingerprint density at radius 2 is 2.50 bits per heavy atom. The van der Waals surface area contributed by atoms with Gasteiger partial charge in [0.1, 0.15) is 16.6 Å². The van der Waals surface area contributed by atoms with E-state index in [-0.39, 0.29) is 5.15 Å². The first-order chi connectivity index (χ1) is 6.69. The van der Waals surface area contributed by atoms with Crippen LogP contribution in [0.25, 0.3) is 0 Å². The second-order valence-corrected chi connectivity index (χ2v) is 5.12. The number of aromatic nitrogens is 1. The van der Waals surface area contributed by atoms with E-state index in [2.05, 4.69) is 22.9 Å². The number of hydrogen-bond donors (Lipinski definition) is 1. The van der Waals surface area contributed by atoms with E-state index in [1.165, 1.54) is 11.5 Å². The molecule has 0 spiro atoms. The molecule has 1 aromatic rings. The highest BCUT2D eigenvalue weighted by Gasteiger charge is 2.11. The number of nitrogens with one attached hydrogen (secondary N) is 1. The maximum Gasteiger partial charge on any atom is 0.162 e. The molecule has 1 N–H and O–H groups in total. The Bertz CT molecular complexity index is 345. The molecule has 1 heterocycles. The summed E-state index contributed by atoms with van der Waals surface area (Å²) in [4.78, 5) is 0. The van der Waals surface area contributed by atoms with Gasteiger partial charge in [-0.05, 0) is 17.8 Å². The second-order valence-electron chi connectivity index (χ2n) is 2.72. The van der Waals surface area contributed by atoms with E-state index < -0.39 is 0 Å². The summed E-state index contributed by atoms with van der Waals surface area (Å²) in [6.45, 7) is 2.93. The standard InChI is InChI=1S/C8H10ClN3S2/c1-5(13-2)4-11-8-6(3-10)7(9)12-14-8/h5,11H,4H2,1-2H3. The van der Waals surface area contributed by atoms with E-state index in [1.807, 2.05) is 6.07 Å². The Hall–Kier alpha value is -0.440. The number of nitrogens with zero attached hydrogens (tertiary/aromatic N) is 2. The molecule has 0 aliphatic heterocycles. The summed E-state index contributed by atoms with van der Waals surface area (Å²) >= 11 is 8.72. The monoisotopic (exact) mass is 247 g/mol. The zero-order chi connectivity index (χ0) is 10.6. The Morgan fingerprint density at radius 1 is 1.79 bits per heavy atom. The van der Waals surface area contributed by atoms with Crippen LogP contribution < -0.4 is 5.32 Å². The van der Waals surface area contributed by atoms with Crippen molar-refractivity contribution in [3.05, 3.63) is 10.7 Å². The van der Waals surface area contributed by atoms with Gasteiger partial charge in [-0.3, -0.25) is 0 Å². The topological polar surface area (TPSA) is 48.7 Å². The minimum atomic E-state index is 0.289. The van der Waals surface area contributed by atoms with Crippen molar-refractivity contribution in [1.82, 2.24) is 4.37 Å². The maximum atomic E-state index is 8.80. The highest BCUT2D eigenvalue weighted by atomic mass is 35.5. The third-order valence-corrected chi connectivity index (χ3v) is 3.86. The Labute approximate surface area is 96.6 Å². The molecular weight excluding hydrogens is 238 g/mol. The van der Waals surface area contributed by atoms with Crippen LogP contribution in [0.2, 0.25) is 5.15 Å². The second kappa shape index (κ2) is 5.44. The number of anilines is 1. The first-order valence-electron chi connectivity index (χ1n) is 4.01. The summed E-state index contributed by atoms with van der Waals surface area (Å²) in [6.07, 6.45) is 2.05. The lowest BCUT2D eigenvalue weighted by Gasteiger charge is -2.08. The molecule has 0 radical (unpaired) electrons. The Kier molecular flexibility index (Phi) is 4.52. The molecule has 1 rings (SSSR count). The quantitative estimate of drug-likeness (QED) is 0.889. The lowest BCUT2D eigenvalue weighted by Crippen LogP contribution is -2.12. The lowest BCUT2D eigenvalue weighted by atomic mass is 10.3. The van der Waals surface area contributed by atoms with Crippen molar-refractivity contribution >= 4 is 39.9 Å². The van der Waals surface area contributed by atoms with Gasteiger partial charge >= 0.3 is 0 Å². The van der Waals surface area contributed by atoms with Gasteiger partial charge in [0.2, 0.25) is 0 Å². The summed E-state index contributed by atoms with van der Waals surface area (Å²) in [6, 6.07) is 2.03. The van der Waals surface area contributed by atoms with E-state index in [0.717, 1.165) is 11.5 Å². The van der Waals surface area contributed by atoms with Crippen molar-refractivity contribution in [3.63, 3.8) is 0 Å². The Balaban J connectivity index is 2.64. The van der Waals surface area contributed by atoms with E-state index in [1.54, 1.807) is 11.8 Å². The molecule has 0 saturated carbocycles. The highest BCUT2D eigenvalue weighted by Crippen LogP contribution is 2.27. The SMILES string of the molecule is CSC(C)CNc1snc(Cl)c1C#N. The Morgan fingerprint density at radius 3 is 3.07 bits per heavy atom. The minimum Gasteiger partial charge on any atom is -0.373 e. The van der Waals surface area contributed by atoms with Crippen LogP contribution in [0.5, 0.6) is 0 Å². The predicted molar refractivity (Wildman–Crippen MR) is 63.3 cm³/mol. The van der Waals surface area contributed by atoms with Crippen LogP contribution in [0.3, 0.4) is 0 Å². The fourth-order valence-corrected chi connectivity index (χ4v) is 2.00. The van der Waals surface area contributed by atoms with Crippen LogP contribution in [0.15, 0.2) is 0 Å². The summed E-state index contributed by atoms with van der Waals surface area (Å²) in [5.41, 5.74) is 0.449. The molecule has 0 bridgehead atoms. The minimum absolute atomic E-state index is 0.289. The van der Waals surface area contributed by atoms with Crippen LogP contribution >= 0.6 is 34.9 Å². The van der Waals surface area contributed by atoms with Gasteiger partial charge in [-0.1, -0.05) is 18.5 Å². The molecule has 0 amide bonds. The van der Waals surface area contributed by atoms with Gasteiger partial charge in [0.05, 0.1) is 0 Å². The van der Waals surface area contributed by atoms with Gasteiger partial charge in [-0.25, -0.2) is 0 Å². The molecule has 6 heteroatoms. The zero-order valence-corrected chi connectivity index (χ0v) is 10.3. The fraction of sp³-hybridized carbons (Fsp3) is 0.500. The number of hydrogen-bond acceptors (Lipinski definition) is 5. The van der Waals surface area contributed by atoms with Gasteiger partial charge in [-0.2, -0.15) is 21.4 Å². The van der Waals surface area contributed by atoms with Crippen molar-refractivity contribution in [2.75, 3.05) is 18.1 Å². The summed E-state index contributed by atoms with van der Waals surface area (Å²) in [7, 11) is 0. The maximum absolute atomic E-state index is 8.80. The van der Waals surface area contributed by atoms with Crippen LogP contribution in [0, 0.1) is 11.3 Å². The van der Waals surface area contributed by atoms with Crippen LogP contribution in [0.4, 0.5) is 5.00 Å². The van der Waals surface area contributed by atoms with Crippen molar-refractivity contribution < 1.29 is 0 Å². The van der Waals surface area contributed by atoms with Crippen molar-refractivity contribution in [2.45, 2.75) is 12.2 Å². The van der Waals surface area contributed by atoms with Gasteiger partial charge < -0.3 is 5.32 Å². The first-order valence-corrected chi connectivity index (χ1v) is 6.45. The molecule has 0 aliphatic rings. The van der Waals surface area contributed by atoms with Gasteiger partial charge in [0.25, 0.3) is 0 Å². The number of nitriles is 1. The predicted octanol–water partition coefficient (Wildman–Crippen LogP) is 2.83. The van der Waals surface area contributed by atoms with Gasteiger partial charge in [-0.15, -0.1) is 0 Å². The molecule has 0 aromatic carbocycles. The van der Waals surface area contributed by atoms with Gasteiger partial charge in [0.15, 0.2) is 5.15 Å². The number of halogens is 1. The molecule has 76 valence electrons. The van der Waals surface area contributed by atoms with E-state index >= 15 is 0 Å². The van der Waals surface area contributed by atoms with Crippen LogP contribution in [0.1, 0.15) is 12.5 Å². The third-order valence-electron chi connectivity index (χ3n) is 1.71. The van der Waals surface area contributed by atoms with Crippen LogP contribution in [-0.4, -0.2) is 22.4 Å². The molecule has 1 unspecified atom stereocenters. The molecule has 0 fully saturated rings. The molecule has 0 aliphatic carbocycles. The van der Waals surface area contributed by atoms with Crippen molar-refractivity contribution in [1.29, 1.82) is 5.26 Å². The molecular formula is C8H10ClN3S2. The first kappa shape index (κ1) is 11.6. The third kappa shape index (κ3) is 2.77. The molecule has 3 nitrogen and oxygen atoms in total. The fourth-order valence-electron chi connectivity index (χ4n) is 0.808. The zero-order valence-electron chi connectivity index (χ0n) is 7.87. The van der Waals surface area contributed by atoms with E-state index in [0.29, 0.717) is 10.8 Å². The smallest absolute Gasteiger partial charge is 0.162 e. The molecule has 1 aromatic heterocycles. The van der Waals surface area contributed by atoms with Crippen molar-refractivity contribution in [3.8, 4) is 6.07 Å². The number of thioether (sulfide) groups is 1. The largest absolute Gasteiger partial charge is 0.373 e. The van der Waals surface area contributed by atoms with Gasteiger partial charge in [0, 0.05) is 11.8 Å². The average molecular weight is 248 g/mol. The normalized spacial score (nSPS) is 12.1. The summed E-state index contributed by atoms with van der Waals surface area (Å²) < 4.78 is 3.91. The van der Waals surface area contributed by atoms with Crippen molar-refractivity contribution in [2.24, 2.45) is 0 Å². The molecule has 0 saturated heterocycles. The molecule has 1 atom stereocenters. The summed E-state index contributed by atoms with van der Waals surface area (Å²) in [5.74, 6) is 0. The molecule has 14 heavy (non-hydrogen) atoms. The number of rotatable bonds is 4. The lowest BCUT2D eigenvalue weighted by molar-refractivity contribution is 1.01. The van der Waals surface area contributed by atoms with Crippen LogP contribution in [-0.2, 0) is 0 Å². The van der Waals surface area contributed by atoms with E-state index in [4.69, 9.17) is 16.9 Å². The van der Waals surface area contributed by atoms with E-state index in [9.17, 15) is 0 Å². The summed E-state index contributed by atoms with van der Waals surface area (Å²) in [5, 5.41) is 13.5.